The molecule has 35 heavy (non-hydrogen) atoms. The Morgan fingerprint density at radius 1 is 1.17 bits per heavy atom. The van der Waals surface area contributed by atoms with Crippen molar-refractivity contribution in [2.45, 2.75) is 19.1 Å². The summed E-state index contributed by atoms with van der Waals surface area (Å²) in [4.78, 5) is 29.8. The van der Waals surface area contributed by atoms with E-state index in [4.69, 9.17) is 28.0 Å². The average Bonchev–Trinajstić information content (AvgIpc) is 3.24. The number of nitrogens with zero attached hydrogens (tertiary/aromatic N) is 4. The molecular formula is C25H23Cl2N5O3. The molecule has 0 spiro atoms. The quantitative estimate of drug-likeness (QED) is 0.401. The van der Waals surface area contributed by atoms with Crippen LogP contribution in [0.5, 0.6) is 0 Å². The topological polar surface area (TPSA) is 92.5 Å². The molecule has 0 bridgehead atoms. The Bertz CT molecular complexity index is 1440. The molecule has 8 nitrogen and oxygen atoms in total. The summed E-state index contributed by atoms with van der Waals surface area (Å²) in [7, 11) is 1.40. The van der Waals surface area contributed by atoms with Crippen LogP contribution in [0.3, 0.4) is 0 Å². The zero-order valence-electron chi connectivity index (χ0n) is 18.9. The number of anilines is 2. The molecule has 10 heteroatoms. The molecule has 4 aromatic rings. The number of aromatic nitrogens is 3. The zero-order valence-corrected chi connectivity index (χ0v) is 20.4. The molecule has 2 aromatic heterocycles. The van der Waals surface area contributed by atoms with Crippen LogP contribution in [0.4, 0.5) is 11.6 Å². The first-order chi connectivity index (χ1) is 16.9. The molecule has 1 aliphatic heterocycles. The lowest BCUT2D eigenvalue weighted by Crippen LogP contribution is -2.27. The molecule has 2 N–H and O–H groups in total. The van der Waals surface area contributed by atoms with Crippen molar-refractivity contribution in [2.24, 2.45) is 0 Å². The lowest BCUT2D eigenvalue weighted by atomic mass is 10.1. The molecule has 180 valence electrons. The molecular weight excluding hydrogens is 489 g/mol. The van der Waals surface area contributed by atoms with Gasteiger partial charge in [-0.1, -0.05) is 41.4 Å². The number of halogens is 2. The molecule has 2 aromatic carbocycles. The Hall–Kier alpha value is -3.17. The number of hydrogen-bond donors (Lipinski definition) is 2. The standard InChI is InChI=1S/C25H23Cl2N5O3/c1-35-32-23-16(11-19(24(32)34)22-20(26)6-3-7-21(22)27)12-28-25(30-23)29-17-5-2-4-15(10-17)13-31-9-8-18(33)14-31/h2-7,10-12,18,33H,8-9,13-14H2,1H3,(H,28,29,30). The molecule has 1 unspecified atom stereocenters. The SMILES string of the molecule is COn1c(=O)c(-c2c(Cl)cccc2Cl)cc2cnc(Nc3cccc(CN4CCC(O)C4)c3)nc21. The highest BCUT2D eigenvalue weighted by molar-refractivity contribution is 6.39. The van der Waals surface area contributed by atoms with Gasteiger partial charge in [0.05, 0.1) is 21.7 Å². The number of nitrogens with one attached hydrogen (secondary N) is 1. The first-order valence-corrected chi connectivity index (χ1v) is 11.9. The van der Waals surface area contributed by atoms with Gasteiger partial charge in [-0.25, -0.2) is 4.98 Å². The van der Waals surface area contributed by atoms with Gasteiger partial charge in [0, 0.05) is 42.5 Å². The second-order valence-electron chi connectivity index (χ2n) is 8.41. The van der Waals surface area contributed by atoms with Crippen LogP contribution < -0.4 is 15.7 Å². The van der Waals surface area contributed by atoms with Gasteiger partial charge < -0.3 is 15.3 Å². The maximum Gasteiger partial charge on any atom is 0.293 e. The number of hydrogen-bond acceptors (Lipinski definition) is 7. The first kappa shape index (κ1) is 23.6. The molecule has 3 heterocycles. The van der Waals surface area contributed by atoms with Gasteiger partial charge in [-0.15, -0.1) is 4.73 Å². The predicted octanol–water partition coefficient (Wildman–Crippen LogP) is 4.13. The molecule has 1 atom stereocenters. The van der Waals surface area contributed by atoms with Crippen molar-refractivity contribution >= 4 is 45.9 Å². The third-order valence-electron chi connectivity index (χ3n) is 5.95. The maximum absolute atomic E-state index is 13.2. The number of β-amino-alcohol motifs (C(OH)–C–C–N with tert-alkyl or cyclic N) is 1. The monoisotopic (exact) mass is 511 g/mol. The van der Waals surface area contributed by atoms with E-state index >= 15 is 0 Å². The van der Waals surface area contributed by atoms with Crippen molar-refractivity contribution in [2.75, 3.05) is 25.5 Å². The second kappa shape index (κ2) is 9.83. The number of aliphatic hydroxyl groups is 1. The zero-order chi connectivity index (χ0) is 24.5. The van der Waals surface area contributed by atoms with Crippen molar-refractivity contribution in [3.8, 4) is 11.1 Å². The summed E-state index contributed by atoms with van der Waals surface area (Å²) in [6, 6.07) is 14.7. The van der Waals surface area contributed by atoms with Crippen molar-refractivity contribution in [3.05, 3.63) is 80.7 Å². The van der Waals surface area contributed by atoms with E-state index in [1.54, 1.807) is 30.5 Å². The van der Waals surface area contributed by atoms with Crippen LogP contribution in [0.15, 0.2) is 59.5 Å². The van der Waals surface area contributed by atoms with Gasteiger partial charge in [-0.2, -0.15) is 4.98 Å². The van der Waals surface area contributed by atoms with Crippen molar-refractivity contribution < 1.29 is 9.94 Å². The Kier molecular flexibility index (Phi) is 6.62. The molecule has 0 amide bonds. The van der Waals surface area contributed by atoms with Gasteiger partial charge >= 0.3 is 0 Å². The van der Waals surface area contributed by atoms with E-state index in [2.05, 4.69) is 20.2 Å². The number of aliphatic hydroxyl groups excluding tert-OH is 1. The van der Waals surface area contributed by atoms with Gasteiger partial charge in [0.1, 0.15) is 7.11 Å². The summed E-state index contributed by atoms with van der Waals surface area (Å²) in [5, 5.41) is 14.3. The Morgan fingerprint density at radius 3 is 2.66 bits per heavy atom. The van der Waals surface area contributed by atoms with Gasteiger partial charge in [0.25, 0.3) is 5.56 Å². The number of fused-ring (bicyclic) bond motifs is 1. The van der Waals surface area contributed by atoms with E-state index in [0.29, 0.717) is 44.7 Å². The first-order valence-electron chi connectivity index (χ1n) is 11.1. The molecule has 1 aliphatic rings. The predicted molar refractivity (Wildman–Crippen MR) is 137 cm³/mol. The van der Waals surface area contributed by atoms with E-state index in [1.165, 1.54) is 7.11 Å². The van der Waals surface area contributed by atoms with E-state index in [0.717, 1.165) is 35.5 Å². The molecule has 1 fully saturated rings. The minimum Gasteiger partial charge on any atom is -0.412 e. The van der Waals surface area contributed by atoms with Crippen LogP contribution in [-0.2, 0) is 6.54 Å². The molecule has 5 rings (SSSR count). The third-order valence-corrected chi connectivity index (χ3v) is 6.58. The van der Waals surface area contributed by atoms with E-state index < -0.39 is 5.56 Å². The fourth-order valence-electron chi connectivity index (χ4n) is 4.32. The minimum absolute atomic E-state index is 0.254. The van der Waals surface area contributed by atoms with Crippen molar-refractivity contribution in [1.29, 1.82) is 0 Å². The largest absolute Gasteiger partial charge is 0.412 e. The van der Waals surface area contributed by atoms with Crippen LogP contribution >= 0.6 is 23.2 Å². The fraction of sp³-hybridized carbons (Fsp3) is 0.240. The highest BCUT2D eigenvalue weighted by atomic mass is 35.5. The number of pyridine rings is 1. The average molecular weight is 512 g/mol. The smallest absolute Gasteiger partial charge is 0.293 e. The van der Waals surface area contributed by atoms with E-state index in [1.807, 2.05) is 24.3 Å². The molecule has 0 saturated carbocycles. The van der Waals surface area contributed by atoms with Gasteiger partial charge in [-0.3, -0.25) is 9.69 Å². The fourth-order valence-corrected chi connectivity index (χ4v) is 4.92. The summed E-state index contributed by atoms with van der Waals surface area (Å²) < 4.78 is 1.10. The normalized spacial score (nSPS) is 16.1. The van der Waals surface area contributed by atoms with Crippen LogP contribution in [-0.4, -0.2) is 51.0 Å². The lowest BCUT2D eigenvalue weighted by Gasteiger charge is -2.16. The summed E-state index contributed by atoms with van der Waals surface area (Å²) in [5.41, 5.74) is 2.52. The summed E-state index contributed by atoms with van der Waals surface area (Å²) >= 11 is 12.7. The number of rotatable bonds is 6. The Labute approximate surface area is 211 Å². The minimum atomic E-state index is -0.436. The third kappa shape index (κ3) is 4.83. The van der Waals surface area contributed by atoms with Crippen LogP contribution in [0.2, 0.25) is 10.0 Å². The molecule has 0 radical (unpaired) electrons. The van der Waals surface area contributed by atoms with Crippen molar-refractivity contribution in [3.63, 3.8) is 0 Å². The molecule has 1 saturated heterocycles. The van der Waals surface area contributed by atoms with Crippen molar-refractivity contribution in [1.82, 2.24) is 19.6 Å². The highest BCUT2D eigenvalue weighted by Gasteiger charge is 2.20. The highest BCUT2D eigenvalue weighted by Crippen LogP contribution is 2.33. The van der Waals surface area contributed by atoms with E-state index in [9.17, 15) is 9.90 Å². The summed E-state index contributed by atoms with van der Waals surface area (Å²) in [6.45, 7) is 2.31. The van der Waals surface area contributed by atoms with E-state index in [-0.39, 0.29) is 6.10 Å². The van der Waals surface area contributed by atoms with Crippen LogP contribution in [0, 0.1) is 0 Å². The summed E-state index contributed by atoms with van der Waals surface area (Å²) in [6.07, 6.45) is 2.16. The van der Waals surface area contributed by atoms with Crippen LogP contribution in [0.1, 0.15) is 12.0 Å². The summed E-state index contributed by atoms with van der Waals surface area (Å²) in [5.74, 6) is 0.319. The second-order valence-corrected chi connectivity index (χ2v) is 9.23. The lowest BCUT2D eigenvalue weighted by molar-refractivity contribution is 0.168. The van der Waals surface area contributed by atoms with Crippen LogP contribution in [0.25, 0.3) is 22.2 Å². The van der Waals surface area contributed by atoms with Gasteiger partial charge in [0.2, 0.25) is 5.95 Å². The molecule has 0 aliphatic carbocycles. The Balaban J connectivity index is 1.47. The number of benzene rings is 2. The van der Waals surface area contributed by atoms with Gasteiger partial charge in [-0.05, 0) is 42.3 Å². The van der Waals surface area contributed by atoms with Gasteiger partial charge in [0.15, 0.2) is 5.65 Å². The Morgan fingerprint density at radius 2 is 1.94 bits per heavy atom. The number of likely N-dealkylation sites (tertiary alicyclic amines) is 1. The maximum atomic E-state index is 13.2.